The van der Waals surface area contributed by atoms with E-state index in [4.69, 9.17) is 4.74 Å². The van der Waals surface area contributed by atoms with Crippen LogP contribution in [0, 0.1) is 3.57 Å². The van der Waals surface area contributed by atoms with Gasteiger partial charge in [0.25, 0.3) is 0 Å². The summed E-state index contributed by atoms with van der Waals surface area (Å²) in [5.41, 5.74) is 3.64. The minimum absolute atomic E-state index is 0.905. The highest BCUT2D eigenvalue weighted by atomic mass is 127. The van der Waals surface area contributed by atoms with Gasteiger partial charge in [0.05, 0.1) is 10.7 Å². The summed E-state index contributed by atoms with van der Waals surface area (Å²) in [6.45, 7) is 3.85. The van der Waals surface area contributed by atoms with E-state index in [1.807, 2.05) is 12.1 Å². The standard InChI is InChI=1S/C16H15IO/c1-3-14-10-13(11-15(17)16(14)18-2)9-12-7-5-4-6-8-12/h3-8,10-11H,1,9H2,2H3. The van der Waals surface area contributed by atoms with Crippen LogP contribution in [-0.2, 0) is 6.42 Å². The third-order valence-corrected chi connectivity index (χ3v) is 3.61. The number of hydrogen-bond acceptors (Lipinski definition) is 1. The van der Waals surface area contributed by atoms with Crippen LogP contribution in [0.3, 0.4) is 0 Å². The van der Waals surface area contributed by atoms with Crippen molar-refractivity contribution in [2.45, 2.75) is 6.42 Å². The minimum Gasteiger partial charge on any atom is -0.495 e. The Morgan fingerprint density at radius 2 is 1.89 bits per heavy atom. The van der Waals surface area contributed by atoms with Crippen LogP contribution < -0.4 is 4.74 Å². The Kier molecular flexibility index (Phi) is 4.42. The van der Waals surface area contributed by atoms with Gasteiger partial charge < -0.3 is 4.74 Å². The zero-order valence-electron chi connectivity index (χ0n) is 10.3. The lowest BCUT2D eigenvalue weighted by atomic mass is 10.0. The fourth-order valence-corrected chi connectivity index (χ4v) is 2.91. The first-order valence-corrected chi connectivity index (χ1v) is 6.85. The maximum absolute atomic E-state index is 5.39. The molecule has 0 spiro atoms. The van der Waals surface area contributed by atoms with E-state index < -0.39 is 0 Å². The Morgan fingerprint density at radius 1 is 1.17 bits per heavy atom. The molecule has 18 heavy (non-hydrogen) atoms. The number of hydrogen-bond donors (Lipinski definition) is 0. The molecule has 0 heterocycles. The summed E-state index contributed by atoms with van der Waals surface area (Å²) < 4.78 is 6.52. The smallest absolute Gasteiger partial charge is 0.139 e. The van der Waals surface area contributed by atoms with Crippen LogP contribution in [-0.4, -0.2) is 7.11 Å². The molecule has 2 aromatic rings. The molecule has 0 amide bonds. The first-order chi connectivity index (χ1) is 8.74. The Bertz CT molecular complexity index is 547. The van der Waals surface area contributed by atoms with Crippen LogP contribution in [0.25, 0.3) is 6.08 Å². The van der Waals surface area contributed by atoms with Crippen LogP contribution in [0.15, 0.2) is 49.0 Å². The Hall–Kier alpha value is -1.29. The minimum atomic E-state index is 0.905. The van der Waals surface area contributed by atoms with E-state index in [9.17, 15) is 0 Å². The van der Waals surface area contributed by atoms with Gasteiger partial charge in [0, 0.05) is 5.56 Å². The van der Waals surface area contributed by atoms with Gasteiger partial charge in [-0.2, -0.15) is 0 Å². The molecule has 0 aliphatic rings. The van der Waals surface area contributed by atoms with E-state index in [0.29, 0.717) is 0 Å². The van der Waals surface area contributed by atoms with Crippen molar-refractivity contribution in [3.8, 4) is 5.75 Å². The molecular weight excluding hydrogens is 335 g/mol. The van der Waals surface area contributed by atoms with Gasteiger partial charge in [-0.05, 0) is 52.3 Å². The zero-order valence-corrected chi connectivity index (χ0v) is 12.5. The van der Waals surface area contributed by atoms with Gasteiger partial charge in [-0.1, -0.05) is 43.0 Å². The van der Waals surface area contributed by atoms with Crippen LogP contribution in [0.2, 0.25) is 0 Å². The largest absolute Gasteiger partial charge is 0.495 e. The summed E-state index contributed by atoms with van der Waals surface area (Å²) >= 11 is 2.30. The molecule has 0 bridgehead atoms. The molecule has 0 aliphatic carbocycles. The number of benzene rings is 2. The predicted molar refractivity (Wildman–Crippen MR) is 85.1 cm³/mol. The van der Waals surface area contributed by atoms with Crippen LogP contribution >= 0.6 is 22.6 Å². The third-order valence-electron chi connectivity index (χ3n) is 2.81. The summed E-state index contributed by atoms with van der Waals surface area (Å²) in [6, 6.07) is 14.8. The van der Waals surface area contributed by atoms with E-state index in [0.717, 1.165) is 21.3 Å². The normalized spacial score (nSPS) is 10.1. The number of ether oxygens (including phenoxy) is 1. The first-order valence-electron chi connectivity index (χ1n) is 5.77. The molecule has 0 atom stereocenters. The highest BCUT2D eigenvalue weighted by molar-refractivity contribution is 14.1. The Morgan fingerprint density at radius 3 is 2.50 bits per heavy atom. The van der Waals surface area contributed by atoms with E-state index in [-0.39, 0.29) is 0 Å². The average Bonchev–Trinajstić information content (AvgIpc) is 2.39. The maximum atomic E-state index is 5.39. The number of methoxy groups -OCH3 is 1. The van der Waals surface area contributed by atoms with Gasteiger partial charge in [0.2, 0.25) is 0 Å². The second kappa shape index (κ2) is 6.05. The number of rotatable bonds is 4. The van der Waals surface area contributed by atoms with Gasteiger partial charge in [0.1, 0.15) is 5.75 Å². The fourth-order valence-electron chi connectivity index (χ4n) is 1.97. The van der Waals surface area contributed by atoms with E-state index in [1.165, 1.54) is 11.1 Å². The molecule has 0 unspecified atom stereocenters. The Labute approximate surface area is 122 Å². The predicted octanol–water partition coefficient (Wildman–Crippen LogP) is 4.53. The van der Waals surface area contributed by atoms with Crippen molar-refractivity contribution in [2.75, 3.05) is 7.11 Å². The summed E-state index contributed by atoms with van der Waals surface area (Å²) in [5.74, 6) is 0.905. The van der Waals surface area contributed by atoms with Crippen LogP contribution in [0.1, 0.15) is 16.7 Å². The first kappa shape index (κ1) is 13.1. The molecular formula is C16H15IO. The van der Waals surface area contributed by atoms with Crippen molar-refractivity contribution in [1.82, 2.24) is 0 Å². The molecule has 2 aromatic carbocycles. The second-order valence-electron chi connectivity index (χ2n) is 4.07. The van der Waals surface area contributed by atoms with Crippen LogP contribution in [0.4, 0.5) is 0 Å². The fraction of sp³-hybridized carbons (Fsp3) is 0.125. The summed E-state index contributed by atoms with van der Waals surface area (Å²) in [6.07, 6.45) is 2.77. The number of halogens is 1. The van der Waals surface area contributed by atoms with Gasteiger partial charge in [0.15, 0.2) is 0 Å². The lowest BCUT2D eigenvalue weighted by molar-refractivity contribution is 0.410. The molecule has 0 aliphatic heterocycles. The molecule has 92 valence electrons. The van der Waals surface area contributed by atoms with Crippen molar-refractivity contribution in [3.05, 3.63) is 69.3 Å². The molecule has 2 rings (SSSR count). The summed E-state index contributed by atoms with van der Waals surface area (Å²) in [5, 5.41) is 0. The monoisotopic (exact) mass is 350 g/mol. The van der Waals surface area contributed by atoms with Gasteiger partial charge in [-0.25, -0.2) is 0 Å². The third kappa shape index (κ3) is 2.93. The molecule has 0 radical (unpaired) electrons. The molecule has 0 saturated heterocycles. The lowest BCUT2D eigenvalue weighted by Crippen LogP contribution is -1.95. The highest BCUT2D eigenvalue weighted by Crippen LogP contribution is 2.29. The van der Waals surface area contributed by atoms with Crippen LogP contribution in [0.5, 0.6) is 5.75 Å². The average molecular weight is 350 g/mol. The Balaban J connectivity index is 2.35. The van der Waals surface area contributed by atoms with Crippen molar-refractivity contribution in [2.24, 2.45) is 0 Å². The molecule has 0 saturated carbocycles. The van der Waals surface area contributed by atoms with E-state index in [2.05, 4.69) is 65.6 Å². The maximum Gasteiger partial charge on any atom is 0.139 e. The van der Waals surface area contributed by atoms with Crippen molar-refractivity contribution >= 4 is 28.7 Å². The molecule has 1 nitrogen and oxygen atoms in total. The summed E-state index contributed by atoms with van der Waals surface area (Å²) in [7, 11) is 1.70. The lowest BCUT2D eigenvalue weighted by Gasteiger charge is -2.10. The van der Waals surface area contributed by atoms with Crippen molar-refractivity contribution in [1.29, 1.82) is 0 Å². The second-order valence-corrected chi connectivity index (χ2v) is 5.23. The van der Waals surface area contributed by atoms with Gasteiger partial charge in [-0.15, -0.1) is 0 Å². The highest BCUT2D eigenvalue weighted by Gasteiger charge is 2.07. The SMILES string of the molecule is C=Cc1cc(Cc2ccccc2)cc(I)c1OC. The summed E-state index contributed by atoms with van der Waals surface area (Å²) in [4.78, 5) is 0. The topological polar surface area (TPSA) is 9.23 Å². The molecule has 0 aromatic heterocycles. The quantitative estimate of drug-likeness (QED) is 0.736. The van der Waals surface area contributed by atoms with Crippen molar-refractivity contribution < 1.29 is 4.74 Å². The van der Waals surface area contributed by atoms with Crippen molar-refractivity contribution in [3.63, 3.8) is 0 Å². The van der Waals surface area contributed by atoms with E-state index >= 15 is 0 Å². The van der Waals surface area contributed by atoms with E-state index in [1.54, 1.807) is 7.11 Å². The van der Waals surface area contributed by atoms with Gasteiger partial charge in [-0.3, -0.25) is 0 Å². The zero-order chi connectivity index (χ0) is 13.0. The molecule has 2 heteroatoms. The molecule has 0 N–H and O–H groups in total. The molecule has 0 fully saturated rings. The van der Waals surface area contributed by atoms with Gasteiger partial charge >= 0.3 is 0 Å².